The van der Waals surface area contributed by atoms with E-state index < -0.39 is 10.5 Å². The van der Waals surface area contributed by atoms with Crippen LogP contribution in [0.2, 0.25) is 0 Å². The first kappa shape index (κ1) is 13.6. The third-order valence-electron chi connectivity index (χ3n) is 3.86. The van der Waals surface area contributed by atoms with E-state index in [1.54, 1.807) is 26.0 Å². The summed E-state index contributed by atoms with van der Waals surface area (Å²) in [6.07, 6.45) is 0. The smallest absolute Gasteiger partial charge is 0.281 e. The topological polar surface area (TPSA) is 81.8 Å². The molecule has 0 bridgehead atoms. The molecule has 21 heavy (non-hydrogen) atoms. The molecule has 6 nitrogen and oxygen atoms in total. The summed E-state index contributed by atoms with van der Waals surface area (Å²) in [5.41, 5.74) is 0.0379. The van der Waals surface area contributed by atoms with Crippen LogP contribution >= 0.6 is 0 Å². The fourth-order valence-electron chi connectivity index (χ4n) is 2.85. The van der Waals surface area contributed by atoms with Crippen molar-refractivity contribution in [2.75, 3.05) is 13.7 Å². The van der Waals surface area contributed by atoms with E-state index in [0.717, 1.165) is 0 Å². The van der Waals surface area contributed by atoms with Crippen molar-refractivity contribution in [3.05, 3.63) is 39.4 Å². The van der Waals surface area contributed by atoms with Crippen LogP contribution in [0.3, 0.4) is 0 Å². The average Bonchev–Trinajstić information content (AvgIpc) is 2.43. The van der Waals surface area contributed by atoms with Crippen molar-refractivity contribution in [1.82, 2.24) is 0 Å². The van der Waals surface area contributed by atoms with E-state index in [2.05, 4.69) is 0 Å². The minimum Gasteiger partial charge on any atom is -0.496 e. The molecule has 0 amide bonds. The summed E-state index contributed by atoms with van der Waals surface area (Å²) in [7, 11) is 1.46. The van der Waals surface area contributed by atoms with Crippen molar-refractivity contribution in [2.24, 2.45) is 0 Å². The zero-order valence-electron chi connectivity index (χ0n) is 12.0. The van der Waals surface area contributed by atoms with Crippen molar-refractivity contribution in [2.45, 2.75) is 19.4 Å². The van der Waals surface area contributed by atoms with Gasteiger partial charge in [-0.2, -0.15) is 0 Å². The molecule has 0 spiro atoms. The average molecular weight is 289 g/mol. The Morgan fingerprint density at radius 1 is 1.43 bits per heavy atom. The Kier molecular flexibility index (Phi) is 2.81. The highest BCUT2D eigenvalue weighted by molar-refractivity contribution is 6.03. The minimum absolute atomic E-state index is 0.0498. The Morgan fingerprint density at radius 3 is 2.76 bits per heavy atom. The number of aliphatic hydroxyl groups is 1. The lowest BCUT2D eigenvalue weighted by Gasteiger charge is -2.32. The van der Waals surface area contributed by atoms with Crippen LogP contribution in [0.1, 0.15) is 18.1 Å². The molecule has 0 saturated heterocycles. The fraction of sp³-hybridized carbons (Fsp3) is 0.333. The van der Waals surface area contributed by atoms with Crippen molar-refractivity contribution in [3.63, 3.8) is 0 Å². The molecule has 6 heteroatoms. The van der Waals surface area contributed by atoms with E-state index in [-0.39, 0.29) is 12.3 Å². The Hall–Kier alpha value is -2.34. The molecule has 0 aliphatic carbocycles. The van der Waals surface area contributed by atoms with Crippen molar-refractivity contribution < 1.29 is 19.5 Å². The molecular weight excluding hydrogens is 274 g/mol. The Balaban J connectivity index is 2.56. The maximum Gasteiger partial charge on any atom is 0.281 e. The van der Waals surface area contributed by atoms with Crippen LogP contribution in [-0.2, 0) is 5.60 Å². The fourth-order valence-corrected chi connectivity index (χ4v) is 2.85. The second-order valence-electron chi connectivity index (χ2n) is 5.43. The highest BCUT2D eigenvalue weighted by atomic mass is 16.6. The molecule has 0 aromatic heterocycles. The van der Waals surface area contributed by atoms with E-state index in [9.17, 15) is 15.2 Å². The van der Waals surface area contributed by atoms with E-state index in [1.807, 2.05) is 0 Å². The SMILES string of the molecule is COc1ccc2c3c(c(C)cc([N+](=O)[O-])c13)OCC2(C)O. The molecule has 1 atom stereocenters. The summed E-state index contributed by atoms with van der Waals surface area (Å²) in [5.74, 6) is 0.957. The Morgan fingerprint density at radius 2 is 2.14 bits per heavy atom. The van der Waals surface area contributed by atoms with Crippen LogP contribution in [0.25, 0.3) is 10.8 Å². The van der Waals surface area contributed by atoms with Gasteiger partial charge in [0.05, 0.1) is 12.0 Å². The van der Waals surface area contributed by atoms with Crippen LogP contribution in [0, 0.1) is 17.0 Å². The maximum absolute atomic E-state index is 11.4. The van der Waals surface area contributed by atoms with Crippen molar-refractivity contribution >= 4 is 16.5 Å². The molecule has 1 aliphatic heterocycles. The van der Waals surface area contributed by atoms with Crippen molar-refractivity contribution in [1.29, 1.82) is 0 Å². The number of rotatable bonds is 2. The number of nitrogens with zero attached hydrogens (tertiary/aromatic N) is 1. The van der Waals surface area contributed by atoms with E-state index in [4.69, 9.17) is 9.47 Å². The lowest BCUT2D eigenvalue weighted by Crippen LogP contribution is -2.33. The maximum atomic E-state index is 11.4. The Bertz CT molecular complexity index is 766. The summed E-state index contributed by atoms with van der Waals surface area (Å²) in [4.78, 5) is 10.9. The molecule has 0 fully saturated rings. The van der Waals surface area contributed by atoms with Gasteiger partial charge in [-0.25, -0.2) is 0 Å². The number of nitro groups is 1. The molecule has 2 aromatic carbocycles. The van der Waals surface area contributed by atoms with Crippen LogP contribution < -0.4 is 9.47 Å². The number of methoxy groups -OCH3 is 1. The second-order valence-corrected chi connectivity index (χ2v) is 5.43. The molecule has 1 heterocycles. The quantitative estimate of drug-likeness (QED) is 0.679. The zero-order valence-corrected chi connectivity index (χ0v) is 12.0. The lowest BCUT2D eigenvalue weighted by molar-refractivity contribution is -0.383. The number of hydrogen-bond donors (Lipinski definition) is 1. The summed E-state index contributed by atoms with van der Waals surface area (Å²) in [6.45, 7) is 3.50. The number of ether oxygens (including phenoxy) is 2. The summed E-state index contributed by atoms with van der Waals surface area (Å²) in [6, 6.07) is 4.85. The molecule has 1 aliphatic rings. The van der Waals surface area contributed by atoms with E-state index in [0.29, 0.717) is 33.4 Å². The van der Waals surface area contributed by atoms with Crippen molar-refractivity contribution in [3.8, 4) is 11.5 Å². The van der Waals surface area contributed by atoms with Gasteiger partial charge >= 0.3 is 0 Å². The lowest BCUT2D eigenvalue weighted by atomic mass is 9.87. The van der Waals surface area contributed by atoms with Gasteiger partial charge in [0, 0.05) is 11.5 Å². The minimum atomic E-state index is -1.20. The summed E-state index contributed by atoms with van der Waals surface area (Å²) in [5, 5.41) is 22.8. The molecule has 2 aromatic rings. The van der Waals surface area contributed by atoms with Gasteiger partial charge in [-0.3, -0.25) is 10.1 Å². The normalized spacial score (nSPS) is 20.2. The zero-order chi connectivity index (χ0) is 15.4. The number of hydrogen-bond acceptors (Lipinski definition) is 5. The first-order valence-corrected chi connectivity index (χ1v) is 6.51. The predicted molar refractivity (Wildman–Crippen MR) is 77.0 cm³/mol. The van der Waals surface area contributed by atoms with Gasteiger partial charge < -0.3 is 14.6 Å². The van der Waals surface area contributed by atoms with Gasteiger partial charge in [0.1, 0.15) is 29.1 Å². The number of benzene rings is 2. The van der Waals surface area contributed by atoms with Gasteiger partial charge in [0.2, 0.25) is 0 Å². The molecule has 0 radical (unpaired) electrons. The first-order valence-electron chi connectivity index (χ1n) is 6.51. The second kappa shape index (κ2) is 4.33. The Labute approximate surface area is 121 Å². The number of aryl methyl sites for hydroxylation is 1. The largest absolute Gasteiger partial charge is 0.496 e. The molecule has 1 N–H and O–H groups in total. The van der Waals surface area contributed by atoms with Crippen LogP contribution in [0.5, 0.6) is 11.5 Å². The van der Waals surface area contributed by atoms with Gasteiger partial charge in [0.15, 0.2) is 0 Å². The van der Waals surface area contributed by atoms with Crippen LogP contribution in [0.4, 0.5) is 5.69 Å². The molecule has 3 rings (SSSR count). The third-order valence-corrected chi connectivity index (χ3v) is 3.86. The third kappa shape index (κ3) is 1.83. The highest BCUT2D eigenvalue weighted by Crippen LogP contribution is 2.48. The van der Waals surface area contributed by atoms with E-state index in [1.165, 1.54) is 13.2 Å². The predicted octanol–water partition coefficient (Wildman–Crippen LogP) is 2.66. The number of nitro benzene ring substituents is 1. The van der Waals surface area contributed by atoms with Gasteiger partial charge in [-0.1, -0.05) is 6.07 Å². The monoisotopic (exact) mass is 289 g/mol. The highest BCUT2D eigenvalue weighted by Gasteiger charge is 2.36. The van der Waals surface area contributed by atoms with E-state index >= 15 is 0 Å². The van der Waals surface area contributed by atoms with Gasteiger partial charge in [-0.15, -0.1) is 0 Å². The van der Waals surface area contributed by atoms with Gasteiger partial charge in [0.25, 0.3) is 5.69 Å². The molecule has 0 saturated carbocycles. The molecule has 110 valence electrons. The summed E-state index contributed by atoms with van der Waals surface area (Å²) < 4.78 is 10.9. The molecular formula is C15H15NO5. The van der Waals surface area contributed by atoms with Crippen LogP contribution in [0.15, 0.2) is 18.2 Å². The van der Waals surface area contributed by atoms with Gasteiger partial charge in [-0.05, 0) is 31.0 Å². The number of non-ortho nitro benzene ring substituents is 1. The standard InChI is InChI=1S/C15H15NO5/c1-8-6-10(16(18)19)13-11(20-3)5-4-9-12(13)14(8)21-7-15(9,2)17/h4-6,17H,7H2,1-3H3. The first-order chi connectivity index (χ1) is 9.86. The van der Waals surface area contributed by atoms with Crippen LogP contribution in [-0.4, -0.2) is 23.7 Å². The summed E-state index contributed by atoms with van der Waals surface area (Å²) >= 11 is 0. The molecule has 1 unspecified atom stereocenters.